The van der Waals surface area contributed by atoms with Crippen molar-refractivity contribution in [2.24, 2.45) is 20.5 Å². The van der Waals surface area contributed by atoms with Crippen LogP contribution in [0.4, 0.5) is 28.4 Å². The summed E-state index contributed by atoms with van der Waals surface area (Å²) < 4.78 is 160. The summed E-state index contributed by atoms with van der Waals surface area (Å²) in [5.74, 6) is -3.14. The molecule has 29 nitrogen and oxygen atoms in total. The molecule has 0 bridgehead atoms. The number of nitrogens with two attached hydrogens (primary N) is 1. The Bertz CT molecular complexity index is 2910. The van der Waals surface area contributed by atoms with Crippen molar-refractivity contribution < 1.29 is 276 Å². The normalized spacial score (nSPS) is 11.9. The summed E-state index contributed by atoms with van der Waals surface area (Å²) in [6, 6.07) is 6.43. The molecule has 0 spiro atoms. The Hall–Kier alpha value is 2.33. The zero-order chi connectivity index (χ0) is 50.2. The number of hydrogen-bond acceptors (Lipinski definition) is 32. The molecule has 4 rings (SSSR count). The number of halogens is 2. The van der Waals surface area contributed by atoms with E-state index in [2.05, 4.69) is 71.4 Å². The molecule has 0 unspecified atom stereocenters. The number of fused-ring (bicyclic) bond motifs is 1. The second-order valence-corrected chi connectivity index (χ2v) is 19.9. The number of rotatable bonds is 25. The van der Waals surface area contributed by atoms with Gasteiger partial charge in [0.15, 0.2) is 37.7 Å². The number of ether oxygens (including phenoxy) is 2. The number of nitrogen functional groups attached to an aromatic ring is 1. The minimum atomic E-state index is -5.52. The topological polar surface area (TPSA) is 440 Å². The van der Waals surface area contributed by atoms with Gasteiger partial charge >= 0.3 is 185 Å². The first-order valence-corrected chi connectivity index (χ1v) is 30.6. The Labute approximate surface area is 551 Å². The number of aromatic hydroxyl groups is 1. The standard InChI is InChI=1S/C28H29N5O24S7.HI2.5Na/c1-48-18-13-22(62(40,41)7-5-50-60-57-54-37)19(49-2)12-17(18)31-32-26-21(59-56-53-36)9-14-10-23(63(42,43)44)27(25(29)24(14)28(26)34)33-30-16-4-3-15(11-20(16)58-55-52-35)61(38,39)8-6-51-64(45,46)47;1-2;;;;;/h3-4,9-13,34-37H,5-8,29H2,1-2H3,(H,42,43,44)(H,45,46,47);1H;;;;;/q;-1;5*+1/p-5/i;1T;;;;;. The van der Waals surface area contributed by atoms with Crippen LogP contribution in [0.25, 0.3) is 10.8 Å². The molecule has 0 amide bonds. The monoisotopic (exact) mass is 1410 g/mol. The van der Waals surface area contributed by atoms with Gasteiger partial charge in [-0.2, -0.15) is 8.67 Å². The fraction of sp³-hybridized carbons (Fsp3) is 0.214. The van der Waals surface area contributed by atoms with Gasteiger partial charge in [0.1, 0.15) is 49.3 Å². The predicted molar refractivity (Wildman–Crippen MR) is 219 cm³/mol. The average Bonchev–Trinajstić information content (AvgIpc) is 3.25. The van der Waals surface area contributed by atoms with Crippen LogP contribution >= 0.6 is 55.0 Å². The summed E-state index contributed by atoms with van der Waals surface area (Å²) in [7, 11) is -17.1. The molecule has 0 aliphatic heterocycles. The van der Waals surface area contributed by atoms with Crippen molar-refractivity contribution in [1.29, 1.82) is 0.594 Å². The zero-order valence-electron chi connectivity index (χ0n) is 38.2. The summed E-state index contributed by atoms with van der Waals surface area (Å²) in [4.78, 5) is -2.83. The molecular formula is C28H25I2N5Na5O24S7-. The van der Waals surface area contributed by atoms with Gasteiger partial charge in [-0.3, -0.25) is 23.5 Å². The van der Waals surface area contributed by atoms with Crippen molar-refractivity contribution in [2.45, 2.75) is 24.5 Å². The van der Waals surface area contributed by atoms with Crippen LogP contribution in [0.15, 0.2) is 87.4 Å². The number of anilines is 1. The maximum atomic E-state index is 13.1. The van der Waals surface area contributed by atoms with Crippen LogP contribution in [0.5, 0.6) is 17.2 Å². The van der Waals surface area contributed by atoms with Crippen molar-refractivity contribution in [3.8, 4) is 17.2 Å². The molecule has 3 N–H and O–H groups in total. The number of azo groups is 2. The fourth-order valence-electron chi connectivity index (χ4n) is 4.97. The molecule has 71 heavy (non-hydrogen) atoms. The van der Waals surface area contributed by atoms with E-state index < -0.39 is 113 Å². The average molecular weight is 1410 g/mol. The van der Waals surface area contributed by atoms with E-state index in [9.17, 15) is 63.7 Å². The van der Waals surface area contributed by atoms with Crippen molar-refractivity contribution in [2.75, 3.05) is 44.7 Å². The van der Waals surface area contributed by atoms with Crippen LogP contribution in [0.3, 0.4) is 0 Å². The summed E-state index contributed by atoms with van der Waals surface area (Å²) in [6.07, 6.45) is 0. The van der Waals surface area contributed by atoms with Crippen molar-refractivity contribution >= 4 is 134 Å². The molecule has 0 aliphatic rings. The first-order chi connectivity index (χ1) is 31.5. The van der Waals surface area contributed by atoms with Crippen LogP contribution in [0.1, 0.15) is 0 Å². The van der Waals surface area contributed by atoms with E-state index in [-0.39, 0.29) is 235 Å². The summed E-state index contributed by atoms with van der Waals surface area (Å²) >= 11 is 2.13. The van der Waals surface area contributed by atoms with E-state index in [0.717, 1.165) is 50.6 Å². The number of phenols is 1. The number of hydrogen-bond donors (Lipinski definition) is 2. The second-order valence-electron chi connectivity index (χ2n) is 11.3. The Morgan fingerprint density at radius 3 is 1.80 bits per heavy atom. The van der Waals surface area contributed by atoms with Gasteiger partial charge < -0.3 is 45.2 Å². The van der Waals surface area contributed by atoms with E-state index in [1.807, 2.05) is 0 Å². The van der Waals surface area contributed by atoms with Gasteiger partial charge in [0, 0.05) is 12.1 Å². The van der Waals surface area contributed by atoms with Gasteiger partial charge in [-0.1, -0.05) is 0 Å². The molecule has 0 heterocycles. The largest absolute Gasteiger partial charge is 1.00 e. The molecule has 0 radical (unpaired) electrons. The molecule has 0 aromatic heterocycles. The zero-order valence-corrected chi connectivity index (χ0v) is 57.2. The minimum absolute atomic E-state index is 0. The Kier molecular flexibility index (Phi) is 39.6. The van der Waals surface area contributed by atoms with Gasteiger partial charge in [-0.15, -0.1) is 24.8 Å². The van der Waals surface area contributed by atoms with Crippen molar-refractivity contribution in [3.05, 3.63) is 42.5 Å². The third-order valence-corrected chi connectivity index (χ3v) is 13.9. The third kappa shape index (κ3) is 23.5. The second kappa shape index (κ2) is 37.3. The molecule has 0 atom stereocenters. The first-order valence-electron chi connectivity index (χ1n) is 16.5. The number of nitrogens with zero attached hydrogens (tertiary/aromatic N) is 4. The van der Waals surface area contributed by atoms with Gasteiger partial charge in [0.05, 0.1) is 93.7 Å². The molecule has 4 aromatic rings. The van der Waals surface area contributed by atoms with E-state index >= 15 is 0 Å². The van der Waals surface area contributed by atoms with E-state index in [0.29, 0.717) is 6.07 Å². The van der Waals surface area contributed by atoms with Crippen LogP contribution in [-0.4, -0.2) is 87.4 Å². The van der Waals surface area contributed by atoms with E-state index in [1.54, 1.807) is 0 Å². The Morgan fingerprint density at radius 1 is 0.704 bits per heavy atom. The molecular weight excluding hydrogens is 1380 g/mol. The molecule has 0 saturated heterocycles. The molecule has 4 aromatic carbocycles. The molecule has 0 saturated carbocycles. The van der Waals surface area contributed by atoms with E-state index in [4.69, 9.17) is 20.0 Å². The van der Waals surface area contributed by atoms with Crippen LogP contribution in [-0.2, 0) is 76.7 Å². The van der Waals surface area contributed by atoms with Crippen molar-refractivity contribution in [1.82, 2.24) is 0 Å². The molecule has 43 heteroatoms. The summed E-state index contributed by atoms with van der Waals surface area (Å²) in [5, 5.41) is 67.4. The van der Waals surface area contributed by atoms with Crippen LogP contribution in [0.2, 0.25) is 0 Å². The van der Waals surface area contributed by atoms with Gasteiger partial charge in [0.25, 0.3) is 0 Å². The minimum Gasteiger partial charge on any atom is 1.00 e. The third-order valence-electron chi connectivity index (χ3n) is 7.61. The number of benzene rings is 4. The summed E-state index contributed by atoms with van der Waals surface area (Å²) in [5.41, 5.74) is 3.42. The predicted octanol–water partition coefficient (Wildman–Crippen LogP) is -16.2. The maximum absolute atomic E-state index is 13.1. The molecule has 368 valence electrons. The number of methoxy groups -OCH3 is 2. The van der Waals surface area contributed by atoms with Gasteiger partial charge in [-0.25, -0.2) is 33.7 Å². The van der Waals surface area contributed by atoms with Crippen LogP contribution in [0, 0.1) is 0 Å². The Balaban J connectivity index is -0.00000580. The number of phenolic OH excluding ortho intramolecular Hbond substituents is 1. The van der Waals surface area contributed by atoms with Crippen molar-refractivity contribution in [3.63, 3.8) is 0 Å². The van der Waals surface area contributed by atoms with E-state index in [1.165, 1.54) is 0 Å². The SMILES string of the molecule is COc1cc(S(=O)(=O)CCOSOO[O-])c(OC)cc1N=Nc1c(SOO[O-])cc2cc(S(=O)(=O)[O-])c(N=Nc3ccc(S(=O)(=O)CCOS(=O)(=O)[O-])cc3SOO[O-])c(N)c2c1O.[3H][I-]I.[Na+].[Na+].[Na+].[Na+].[Na+]. The molecule has 0 fully saturated rings. The van der Waals surface area contributed by atoms with Crippen LogP contribution < -0.4 is 197 Å². The fourth-order valence-corrected chi connectivity index (χ4v) is 9.75. The smallest absolute Gasteiger partial charge is 1.00 e. The maximum Gasteiger partial charge on any atom is 1.00 e. The van der Waals surface area contributed by atoms with Gasteiger partial charge in [-0.05, 0) is 35.7 Å². The first kappa shape index (κ1) is 75.4. The van der Waals surface area contributed by atoms with Gasteiger partial charge in [0.2, 0.25) is 10.4 Å². The Morgan fingerprint density at radius 2 is 1.25 bits per heavy atom. The number of sulfone groups is 2. The molecule has 0 aliphatic carbocycles. The quantitative estimate of drug-likeness (QED) is 0.00594. The summed E-state index contributed by atoms with van der Waals surface area (Å²) in [6.45, 7) is -1.55.